The van der Waals surface area contributed by atoms with Crippen molar-refractivity contribution in [2.75, 3.05) is 0 Å². The molecular weight excluding hydrogens is 277 g/mol. The van der Waals surface area contributed by atoms with E-state index in [1.807, 2.05) is 0 Å². The van der Waals surface area contributed by atoms with Crippen molar-refractivity contribution >= 4 is 17.5 Å². The molecule has 1 aromatic heterocycles. The minimum Gasteiger partial charge on any atom is -0.475 e. The minimum absolute atomic E-state index is 0.251. The number of carboxylic acid groups (broad SMARTS) is 1. The number of hydrogen-bond acceptors (Lipinski definition) is 3. The number of halogens is 1. The Morgan fingerprint density at radius 2 is 1.95 bits per heavy atom. The third-order valence-electron chi connectivity index (χ3n) is 2.89. The van der Waals surface area contributed by atoms with E-state index in [1.54, 1.807) is 22.9 Å². The first-order valence-electron chi connectivity index (χ1n) is 6.15. The van der Waals surface area contributed by atoms with E-state index in [4.69, 9.17) is 5.11 Å². The van der Waals surface area contributed by atoms with Gasteiger partial charge in [-0.1, -0.05) is 12.1 Å². The summed E-state index contributed by atoms with van der Waals surface area (Å²) in [6.45, 7) is 0.373. The quantitative estimate of drug-likeness (QED) is 0.500. The minimum atomic E-state index is -1.62. The summed E-state index contributed by atoms with van der Waals surface area (Å²) in [6, 6.07) is 7.56. The van der Waals surface area contributed by atoms with E-state index in [1.165, 1.54) is 24.4 Å². The van der Waals surface area contributed by atoms with Crippen LogP contribution in [-0.2, 0) is 16.1 Å². The van der Waals surface area contributed by atoms with Gasteiger partial charge in [-0.15, -0.1) is 0 Å². The molecule has 0 aliphatic carbocycles. The number of ketones is 2. The molecule has 0 saturated carbocycles. The smallest absolute Gasteiger partial charge is 0.372 e. The lowest BCUT2D eigenvalue weighted by molar-refractivity contribution is -0.148. The monoisotopic (exact) mass is 289 g/mol. The van der Waals surface area contributed by atoms with E-state index in [-0.39, 0.29) is 11.4 Å². The van der Waals surface area contributed by atoms with Gasteiger partial charge in [-0.2, -0.15) is 0 Å². The topological polar surface area (TPSA) is 76.4 Å². The summed E-state index contributed by atoms with van der Waals surface area (Å²) in [4.78, 5) is 33.1. The number of rotatable bonds is 6. The molecule has 0 atom stereocenters. The lowest BCUT2D eigenvalue weighted by Gasteiger charge is -2.03. The number of benzene rings is 1. The van der Waals surface area contributed by atoms with Gasteiger partial charge in [0.25, 0.3) is 0 Å². The second-order valence-corrected chi connectivity index (χ2v) is 4.53. The van der Waals surface area contributed by atoms with Gasteiger partial charge in [-0.3, -0.25) is 9.59 Å². The number of aliphatic carboxylic acids is 1. The third kappa shape index (κ3) is 3.85. The van der Waals surface area contributed by atoms with Crippen LogP contribution in [0.5, 0.6) is 0 Å². The zero-order valence-corrected chi connectivity index (χ0v) is 11.0. The fraction of sp³-hybridized carbons (Fsp3) is 0.133. The van der Waals surface area contributed by atoms with Crippen LogP contribution in [0.1, 0.15) is 22.3 Å². The van der Waals surface area contributed by atoms with Gasteiger partial charge in [0.1, 0.15) is 5.82 Å². The van der Waals surface area contributed by atoms with Gasteiger partial charge in [-0.05, 0) is 23.8 Å². The van der Waals surface area contributed by atoms with E-state index in [0.717, 1.165) is 5.56 Å². The summed E-state index contributed by atoms with van der Waals surface area (Å²) in [5.74, 6) is -3.66. The fourth-order valence-corrected chi connectivity index (χ4v) is 1.87. The van der Waals surface area contributed by atoms with Gasteiger partial charge in [0, 0.05) is 24.5 Å². The maximum Gasteiger partial charge on any atom is 0.372 e. The van der Waals surface area contributed by atoms with Gasteiger partial charge >= 0.3 is 5.97 Å². The van der Waals surface area contributed by atoms with Crippen molar-refractivity contribution in [2.45, 2.75) is 13.0 Å². The molecule has 0 amide bonds. The molecular formula is C15H12FNO4. The van der Waals surface area contributed by atoms with E-state index in [9.17, 15) is 18.8 Å². The van der Waals surface area contributed by atoms with E-state index in [2.05, 4.69) is 0 Å². The normalized spacial score (nSPS) is 10.3. The van der Waals surface area contributed by atoms with Crippen molar-refractivity contribution in [2.24, 2.45) is 0 Å². The molecule has 1 aromatic carbocycles. The second-order valence-electron chi connectivity index (χ2n) is 4.53. The van der Waals surface area contributed by atoms with Gasteiger partial charge in [-0.25, -0.2) is 9.18 Å². The molecule has 0 saturated heterocycles. The Bertz CT molecular complexity index is 705. The van der Waals surface area contributed by atoms with Gasteiger partial charge in [0.15, 0.2) is 5.78 Å². The maximum absolute atomic E-state index is 13.1. The summed E-state index contributed by atoms with van der Waals surface area (Å²) < 4.78 is 14.7. The van der Waals surface area contributed by atoms with Crippen LogP contribution in [0.15, 0.2) is 42.7 Å². The summed E-state index contributed by atoms with van der Waals surface area (Å²) in [5.41, 5.74) is 0.979. The molecule has 21 heavy (non-hydrogen) atoms. The summed E-state index contributed by atoms with van der Waals surface area (Å²) in [6.07, 6.45) is 2.45. The Morgan fingerprint density at radius 3 is 2.62 bits per heavy atom. The molecule has 5 nitrogen and oxygen atoms in total. The zero-order chi connectivity index (χ0) is 15.4. The molecule has 0 fully saturated rings. The van der Waals surface area contributed by atoms with Crippen LogP contribution in [-0.4, -0.2) is 27.2 Å². The van der Waals surface area contributed by atoms with Crippen molar-refractivity contribution in [3.8, 4) is 0 Å². The Hall–Kier alpha value is -2.76. The van der Waals surface area contributed by atoms with Gasteiger partial charge in [0.2, 0.25) is 5.78 Å². The van der Waals surface area contributed by atoms with Crippen molar-refractivity contribution in [1.82, 2.24) is 4.57 Å². The molecule has 0 aliphatic heterocycles. The number of Topliss-reactive ketones (excluding diaryl/α,β-unsaturated/α-hetero) is 2. The molecule has 0 radical (unpaired) electrons. The SMILES string of the molecule is O=C(O)C(=O)CC(=O)c1ccn(Cc2cccc(F)c2)c1. The van der Waals surface area contributed by atoms with E-state index in [0.29, 0.717) is 6.54 Å². The summed E-state index contributed by atoms with van der Waals surface area (Å²) in [7, 11) is 0. The lowest BCUT2D eigenvalue weighted by atomic mass is 10.1. The standard InChI is InChI=1S/C15H12FNO4/c16-12-3-1-2-10(6-12)8-17-5-4-11(9-17)13(18)7-14(19)15(20)21/h1-6,9H,7-8H2,(H,20,21). The van der Waals surface area contributed by atoms with Gasteiger partial charge in [0.05, 0.1) is 6.42 Å². The Morgan fingerprint density at radius 1 is 1.19 bits per heavy atom. The molecule has 0 unspecified atom stereocenters. The van der Waals surface area contributed by atoms with Crippen LogP contribution < -0.4 is 0 Å². The highest BCUT2D eigenvalue weighted by molar-refractivity contribution is 6.37. The van der Waals surface area contributed by atoms with Crippen LogP contribution in [0.2, 0.25) is 0 Å². The average molecular weight is 289 g/mol. The lowest BCUT2D eigenvalue weighted by Crippen LogP contribution is -2.16. The van der Waals surface area contributed by atoms with Crippen molar-refractivity contribution in [3.05, 3.63) is 59.7 Å². The number of nitrogens with zero attached hydrogens (tertiary/aromatic N) is 1. The predicted molar refractivity (Wildman–Crippen MR) is 71.5 cm³/mol. The van der Waals surface area contributed by atoms with Crippen LogP contribution in [0.4, 0.5) is 4.39 Å². The molecule has 2 rings (SSSR count). The number of carboxylic acids is 1. The predicted octanol–water partition coefficient (Wildman–Crippen LogP) is 1.90. The van der Waals surface area contributed by atoms with Crippen LogP contribution in [0.25, 0.3) is 0 Å². The molecule has 1 heterocycles. The van der Waals surface area contributed by atoms with Crippen molar-refractivity contribution < 1.29 is 23.9 Å². The van der Waals surface area contributed by atoms with Crippen molar-refractivity contribution in [1.29, 1.82) is 0 Å². The highest BCUT2D eigenvalue weighted by Gasteiger charge is 2.18. The molecule has 1 N–H and O–H groups in total. The Kier molecular flexibility index (Phi) is 4.27. The number of carbonyl (C=O) groups excluding carboxylic acids is 2. The second kappa shape index (κ2) is 6.13. The van der Waals surface area contributed by atoms with Crippen LogP contribution in [0.3, 0.4) is 0 Å². The summed E-state index contributed by atoms with van der Waals surface area (Å²) >= 11 is 0. The Labute approximate surface area is 119 Å². The van der Waals surface area contributed by atoms with E-state index < -0.39 is 24.0 Å². The first-order valence-corrected chi connectivity index (χ1v) is 6.15. The fourth-order valence-electron chi connectivity index (χ4n) is 1.87. The number of hydrogen-bond donors (Lipinski definition) is 1. The molecule has 2 aromatic rings. The van der Waals surface area contributed by atoms with Crippen LogP contribution >= 0.6 is 0 Å². The first-order chi connectivity index (χ1) is 9.95. The molecule has 0 bridgehead atoms. The summed E-state index contributed by atoms with van der Waals surface area (Å²) in [5, 5.41) is 8.46. The number of carbonyl (C=O) groups is 3. The first kappa shape index (κ1) is 14.6. The highest BCUT2D eigenvalue weighted by atomic mass is 19.1. The third-order valence-corrected chi connectivity index (χ3v) is 2.89. The highest BCUT2D eigenvalue weighted by Crippen LogP contribution is 2.10. The largest absolute Gasteiger partial charge is 0.475 e. The van der Waals surface area contributed by atoms with E-state index >= 15 is 0 Å². The van der Waals surface area contributed by atoms with Crippen molar-refractivity contribution in [3.63, 3.8) is 0 Å². The molecule has 108 valence electrons. The van der Waals surface area contributed by atoms with Gasteiger partial charge < -0.3 is 9.67 Å². The zero-order valence-electron chi connectivity index (χ0n) is 11.0. The van der Waals surface area contributed by atoms with Crippen LogP contribution in [0, 0.1) is 5.82 Å². The molecule has 0 aliphatic rings. The maximum atomic E-state index is 13.1. The Balaban J connectivity index is 2.06. The molecule has 0 spiro atoms. The molecule has 6 heteroatoms. The average Bonchev–Trinajstić information content (AvgIpc) is 2.87. The number of aromatic nitrogens is 1.